The summed E-state index contributed by atoms with van der Waals surface area (Å²) in [5.74, 6) is 0.856. The Balaban J connectivity index is 3.36. The third-order valence-corrected chi connectivity index (χ3v) is 2.10. The fourth-order valence-corrected chi connectivity index (χ4v) is 1.32. The Bertz CT molecular complexity index is 396. The number of methoxy groups -OCH3 is 2. The Morgan fingerprint density at radius 1 is 1.27 bits per heavy atom. The molecule has 1 atom stereocenters. The topological polar surface area (TPSA) is 42.2 Å². The van der Waals surface area contributed by atoms with Gasteiger partial charge in [-0.15, -0.1) is 0 Å². The fourth-order valence-electron chi connectivity index (χ4n) is 1.32. The van der Waals surface area contributed by atoms with Crippen molar-refractivity contribution in [3.63, 3.8) is 0 Å². The number of nitrogens with zero attached hydrogens (tertiary/aromatic N) is 1. The van der Waals surface area contributed by atoms with Gasteiger partial charge in [-0.3, -0.25) is 0 Å². The zero-order chi connectivity index (χ0) is 11.4. The van der Waals surface area contributed by atoms with Crippen molar-refractivity contribution in [1.29, 1.82) is 5.26 Å². The number of benzene rings is 1. The molecule has 0 amide bonds. The molecule has 0 fully saturated rings. The van der Waals surface area contributed by atoms with Gasteiger partial charge in [-0.2, -0.15) is 5.26 Å². The molecule has 0 aliphatic carbocycles. The number of nitriles is 1. The molecule has 4 heteroatoms. The molecule has 0 heterocycles. The first-order valence-corrected chi connectivity index (χ1v) is 4.44. The molecule has 1 unspecified atom stereocenters. The van der Waals surface area contributed by atoms with Crippen LogP contribution in [0.25, 0.3) is 0 Å². The van der Waals surface area contributed by atoms with Crippen molar-refractivity contribution in [2.24, 2.45) is 0 Å². The third kappa shape index (κ3) is 2.18. The molecular formula is C11H12FNO2. The third-order valence-electron chi connectivity index (χ3n) is 2.10. The summed E-state index contributed by atoms with van der Waals surface area (Å²) >= 11 is 0. The first kappa shape index (κ1) is 11.3. The number of halogens is 1. The second-order valence-electron chi connectivity index (χ2n) is 3.02. The van der Waals surface area contributed by atoms with E-state index in [2.05, 4.69) is 0 Å². The van der Waals surface area contributed by atoms with Gasteiger partial charge in [0, 0.05) is 11.6 Å². The molecule has 3 nitrogen and oxygen atoms in total. The van der Waals surface area contributed by atoms with Gasteiger partial charge in [0.1, 0.15) is 6.17 Å². The highest BCUT2D eigenvalue weighted by Crippen LogP contribution is 2.33. The Morgan fingerprint density at radius 3 is 2.20 bits per heavy atom. The standard InChI is InChI=1S/C11H12FNO2/c1-7(12)9-5-11(15-3)10(14-2)4-8(9)6-13/h4-5,7H,1-3H3. The van der Waals surface area contributed by atoms with E-state index in [1.165, 1.54) is 33.3 Å². The average Bonchev–Trinajstić information content (AvgIpc) is 2.26. The summed E-state index contributed by atoms with van der Waals surface area (Å²) in [5, 5.41) is 8.84. The molecule has 15 heavy (non-hydrogen) atoms. The highest BCUT2D eigenvalue weighted by Gasteiger charge is 2.14. The quantitative estimate of drug-likeness (QED) is 0.768. The van der Waals surface area contributed by atoms with E-state index in [4.69, 9.17) is 14.7 Å². The van der Waals surface area contributed by atoms with Crippen LogP contribution in [0.1, 0.15) is 24.2 Å². The van der Waals surface area contributed by atoms with Crippen molar-refractivity contribution in [1.82, 2.24) is 0 Å². The number of hydrogen-bond acceptors (Lipinski definition) is 3. The molecule has 80 valence electrons. The highest BCUT2D eigenvalue weighted by atomic mass is 19.1. The molecule has 1 aromatic rings. The van der Waals surface area contributed by atoms with Crippen molar-refractivity contribution in [2.75, 3.05) is 14.2 Å². The van der Waals surface area contributed by atoms with Gasteiger partial charge in [-0.25, -0.2) is 4.39 Å². The van der Waals surface area contributed by atoms with Crippen molar-refractivity contribution in [3.05, 3.63) is 23.3 Å². The molecular weight excluding hydrogens is 197 g/mol. The lowest BCUT2D eigenvalue weighted by Crippen LogP contribution is -1.97. The Kier molecular flexibility index (Phi) is 3.51. The summed E-state index contributed by atoms with van der Waals surface area (Å²) in [6.07, 6.45) is -1.21. The molecule has 0 spiro atoms. The van der Waals surface area contributed by atoms with Crippen LogP contribution >= 0.6 is 0 Å². The molecule has 0 aliphatic rings. The highest BCUT2D eigenvalue weighted by molar-refractivity contribution is 5.52. The van der Waals surface area contributed by atoms with Crippen molar-refractivity contribution in [3.8, 4) is 17.6 Å². The molecule has 0 bridgehead atoms. The zero-order valence-corrected chi connectivity index (χ0v) is 8.87. The molecule has 0 radical (unpaired) electrons. The van der Waals surface area contributed by atoms with Gasteiger partial charge >= 0.3 is 0 Å². The average molecular weight is 209 g/mol. The van der Waals surface area contributed by atoms with Crippen molar-refractivity contribution in [2.45, 2.75) is 13.1 Å². The van der Waals surface area contributed by atoms with E-state index in [-0.39, 0.29) is 5.56 Å². The molecule has 0 aliphatic heterocycles. The van der Waals surface area contributed by atoms with Gasteiger partial charge < -0.3 is 9.47 Å². The van der Waals surface area contributed by atoms with Gasteiger partial charge in [0.2, 0.25) is 0 Å². The van der Waals surface area contributed by atoms with Crippen LogP contribution in [0.2, 0.25) is 0 Å². The second-order valence-corrected chi connectivity index (χ2v) is 3.02. The number of alkyl halides is 1. The maximum Gasteiger partial charge on any atom is 0.162 e. The van der Waals surface area contributed by atoms with Crippen molar-refractivity contribution >= 4 is 0 Å². The summed E-state index contributed by atoms with van der Waals surface area (Å²) in [5.41, 5.74) is 0.581. The summed E-state index contributed by atoms with van der Waals surface area (Å²) in [6.45, 7) is 1.38. The molecule has 0 N–H and O–H groups in total. The van der Waals surface area contributed by atoms with Crippen LogP contribution < -0.4 is 9.47 Å². The lowest BCUT2D eigenvalue weighted by atomic mass is 10.0. The number of ether oxygens (including phenoxy) is 2. The monoisotopic (exact) mass is 209 g/mol. The van der Waals surface area contributed by atoms with Gasteiger partial charge in [-0.05, 0) is 13.0 Å². The molecule has 1 rings (SSSR count). The van der Waals surface area contributed by atoms with E-state index >= 15 is 0 Å². The van der Waals surface area contributed by atoms with E-state index in [0.717, 1.165) is 0 Å². The largest absolute Gasteiger partial charge is 0.493 e. The van der Waals surface area contributed by atoms with Gasteiger partial charge in [0.25, 0.3) is 0 Å². The summed E-state index contributed by atoms with van der Waals surface area (Å²) in [6, 6.07) is 4.89. The van der Waals surface area contributed by atoms with Crippen LogP contribution in [0.5, 0.6) is 11.5 Å². The van der Waals surface area contributed by atoms with Crippen molar-refractivity contribution < 1.29 is 13.9 Å². The lowest BCUT2D eigenvalue weighted by molar-refractivity contribution is 0.346. The Hall–Kier alpha value is -1.76. The second kappa shape index (κ2) is 4.65. The number of rotatable bonds is 3. The van der Waals surface area contributed by atoms with Gasteiger partial charge in [-0.1, -0.05) is 0 Å². The minimum Gasteiger partial charge on any atom is -0.493 e. The van der Waals surface area contributed by atoms with Gasteiger partial charge in [0.15, 0.2) is 11.5 Å². The smallest absolute Gasteiger partial charge is 0.162 e. The molecule has 0 aromatic heterocycles. The van der Waals surface area contributed by atoms with E-state index in [0.29, 0.717) is 17.1 Å². The predicted molar refractivity (Wildman–Crippen MR) is 53.8 cm³/mol. The van der Waals surface area contributed by atoms with Crippen LogP contribution in [0, 0.1) is 11.3 Å². The predicted octanol–water partition coefficient (Wildman–Crippen LogP) is 2.61. The SMILES string of the molecule is COc1cc(C#N)c(C(C)F)cc1OC. The first-order valence-electron chi connectivity index (χ1n) is 4.44. The maximum atomic E-state index is 13.2. The number of hydrogen-bond donors (Lipinski definition) is 0. The van der Waals surface area contributed by atoms with Crippen LogP contribution in [0.15, 0.2) is 12.1 Å². The van der Waals surface area contributed by atoms with E-state index in [1.54, 1.807) is 0 Å². The summed E-state index contributed by atoms with van der Waals surface area (Å²) < 4.78 is 23.2. The van der Waals surface area contributed by atoms with Gasteiger partial charge in [0.05, 0.1) is 25.9 Å². The van der Waals surface area contributed by atoms with E-state index < -0.39 is 6.17 Å². The summed E-state index contributed by atoms with van der Waals surface area (Å²) in [7, 11) is 2.94. The van der Waals surface area contributed by atoms with Crippen LogP contribution in [0.4, 0.5) is 4.39 Å². The fraction of sp³-hybridized carbons (Fsp3) is 0.364. The normalized spacial score (nSPS) is 11.7. The summed E-state index contributed by atoms with van der Waals surface area (Å²) in [4.78, 5) is 0. The minimum absolute atomic E-state index is 0.266. The maximum absolute atomic E-state index is 13.2. The van der Waals surface area contributed by atoms with Crippen LogP contribution in [-0.4, -0.2) is 14.2 Å². The minimum atomic E-state index is -1.21. The Labute approximate surface area is 88.0 Å². The van der Waals surface area contributed by atoms with E-state index in [9.17, 15) is 4.39 Å². The Morgan fingerprint density at radius 2 is 1.80 bits per heavy atom. The molecule has 0 saturated carbocycles. The zero-order valence-electron chi connectivity index (χ0n) is 8.87. The molecule has 0 saturated heterocycles. The van der Waals surface area contributed by atoms with Crippen LogP contribution in [-0.2, 0) is 0 Å². The lowest BCUT2D eigenvalue weighted by Gasteiger charge is -2.11. The van der Waals surface area contributed by atoms with E-state index in [1.807, 2.05) is 6.07 Å². The first-order chi connectivity index (χ1) is 7.13. The van der Waals surface area contributed by atoms with Crippen LogP contribution in [0.3, 0.4) is 0 Å². The molecule has 1 aromatic carbocycles.